The van der Waals surface area contributed by atoms with E-state index in [1.807, 2.05) is 27.7 Å². The Bertz CT molecular complexity index is 681. The summed E-state index contributed by atoms with van der Waals surface area (Å²) in [5.41, 5.74) is 0.921. The van der Waals surface area contributed by atoms with Gasteiger partial charge in [0.25, 0.3) is 0 Å². The lowest BCUT2D eigenvalue weighted by molar-refractivity contribution is -0.143. The van der Waals surface area contributed by atoms with Crippen LogP contribution in [0.5, 0.6) is 0 Å². The highest BCUT2D eigenvalue weighted by Crippen LogP contribution is 2.34. The zero-order chi connectivity index (χ0) is 21.1. The van der Waals surface area contributed by atoms with E-state index in [1.165, 1.54) is 24.0 Å². The highest BCUT2D eigenvalue weighted by Gasteiger charge is 2.38. The number of amides is 1. The maximum absolute atomic E-state index is 13.6. The Hall–Kier alpha value is -2.11. The van der Waals surface area contributed by atoms with Gasteiger partial charge >= 0.3 is 12.1 Å². The maximum Gasteiger partial charge on any atom is 0.411 e. The van der Waals surface area contributed by atoms with E-state index in [2.05, 4.69) is 0 Å². The van der Waals surface area contributed by atoms with Crippen molar-refractivity contribution >= 4 is 12.1 Å². The number of aliphatic carboxylic acids is 1. The van der Waals surface area contributed by atoms with E-state index >= 15 is 0 Å². The molecule has 0 bridgehead atoms. The van der Waals surface area contributed by atoms with E-state index in [0.29, 0.717) is 0 Å². The molecular weight excluding hydrogens is 349 g/mol. The highest BCUT2D eigenvalue weighted by molar-refractivity contribution is 5.80. The van der Waals surface area contributed by atoms with Gasteiger partial charge in [-0.2, -0.15) is 0 Å². The summed E-state index contributed by atoms with van der Waals surface area (Å²) >= 11 is 0. The molecule has 3 atom stereocenters. The van der Waals surface area contributed by atoms with Crippen molar-refractivity contribution in [3.8, 4) is 0 Å². The van der Waals surface area contributed by atoms with Crippen LogP contribution in [0.15, 0.2) is 18.2 Å². The van der Waals surface area contributed by atoms with Crippen LogP contribution in [0.4, 0.5) is 9.18 Å². The normalized spacial score (nSPS) is 15.2. The third-order valence-electron chi connectivity index (χ3n) is 4.65. The monoisotopic (exact) mass is 381 g/mol. The number of ether oxygens (including phenoxy) is 1. The first kappa shape index (κ1) is 22.9. The zero-order valence-corrected chi connectivity index (χ0v) is 17.5. The topological polar surface area (TPSA) is 66.8 Å². The molecule has 0 aromatic heterocycles. The van der Waals surface area contributed by atoms with Crippen molar-refractivity contribution in [3.05, 3.63) is 35.1 Å². The molecule has 152 valence electrons. The van der Waals surface area contributed by atoms with Crippen molar-refractivity contribution in [2.24, 2.45) is 5.92 Å². The Morgan fingerprint density at radius 2 is 1.70 bits per heavy atom. The fourth-order valence-corrected chi connectivity index (χ4v) is 3.47. The Morgan fingerprint density at radius 3 is 2.11 bits per heavy atom. The summed E-state index contributed by atoms with van der Waals surface area (Å²) in [6.45, 7) is 14.3. The second-order valence-electron chi connectivity index (χ2n) is 8.41. The van der Waals surface area contributed by atoms with Crippen LogP contribution in [0.1, 0.15) is 65.5 Å². The standard InChI is InChI=1S/C21H32FNO4/c1-12(2)18(17-10-9-16(22)11-13(17)3)14(4)23(15(5)19(24)25)20(26)27-21(6,7)8/h9-12,14-15,18H,1-8H3,(H,24,25)/t14?,15-,18?/m0/s1. The molecule has 0 aliphatic heterocycles. The quantitative estimate of drug-likeness (QED) is 0.755. The molecule has 1 aromatic rings. The summed E-state index contributed by atoms with van der Waals surface area (Å²) in [5, 5.41) is 9.53. The molecule has 6 heteroatoms. The molecule has 1 aromatic carbocycles. The van der Waals surface area contributed by atoms with Crippen LogP contribution < -0.4 is 0 Å². The number of aryl methyl sites for hydroxylation is 1. The molecule has 0 radical (unpaired) electrons. The van der Waals surface area contributed by atoms with E-state index in [0.717, 1.165) is 11.1 Å². The number of benzene rings is 1. The molecule has 1 amide bonds. The predicted octanol–water partition coefficient (Wildman–Crippen LogP) is 4.97. The molecule has 0 fully saturated rings. The second-order valence-corrected chi connectivity index (χ2v) is 8.41. The zero-order valence-electron chi connectivity index (χ0n) is 17.5. The van der Waals surface area contributed by atoms with Crippen molar-refractivity contribution in [1.29, 1.82) is 0 Å². The lowest BCUT2D eigenvalue weighted by Gasteiger charge is -2.40. The minimum absolute atomic E-state index is 0.0927. The number of hydrogen-bond donors (Lipinski definition) is 1. The number of hydrogen-bond acceptors (Lipinski definition) is 3. The number of nitrogens with zero attached hydrogens (tertiary/aromatic N) is 1. The first-order chi connectivity index (χ1) is 12.3. The van der Waals surface area contributed by atoms with Gasteiger partial charge in [0.1, 0.15) is 17.5 Å². The summed E-state index contributed by atoms with van der Waals surface area (Å²) in [4.78, 5) is 25.8. The molecule has 0 aliphatic carbocycles. The van der Waals surface area contributed by atoms with Gasteiger partial charge in [-0.1, -0.05) is 19.9 Å². The molecule has 1 N–H and O–H groups in total. The van der Waals surface area contributed by atoms with Crippen molar-refractivity contribution in [1.82, 2.24) is 4.90 Å². The van der Waals surface area contributed by atoms with Crippen LogP contribution in [0.3, 0.4) is 0 Å². The van der Waals surface area contributed by atoms with Gasteiger partial charge in [-0.25, -0.2) is 14.0 Å². The molecular formula is C21H32FNO4. The summed E-state index contributed by atoms with van der Waals surface area (Å²) in [7, 11) is 0. The van der Waals surface area contributed by atoms with Crippen molar-refractivity contribution in [3.63, 3.8) is 0 Å². The third-order valence-corrected chi connectivity index (χ3v) is 4.65. The van der Waals surface area contributed by atoms with Gasteiger partial charge in [-0.05, 0) is 70.7 Å². The maximum atomic E-state index is 13.6. The van der Waals surface area contributed by atoms with E-state index in [-0.39, 0.29) is 17.7 Å². The average Bonchev–Trinajstić information content (AvgIpc) is 2.47. The van der Waals surface area contributed by atoms with Crippen molar-refractivity contribution in [2.75, 3.05) is 0 Å². The predicted molar refractivity (Wildman–Crippen MR) is 103 cm³/mol. The van der Waals surface area contributed by atoms with Crippen molar-refractivity contribution < 1.29 is 23.8 Å². The summed E-state index contributed by atoms with van der Waals surface area (Å²) in [5.74, 6) is -1.52. The number of carboxylic acid groups (broad SMARTS) is 1. The second kappa shape index (κ2) is 8.72. The Labute approximate surface area is 161 Å². The molecule has 27 heavy (non-hydrogen) atoms. The molecule has 5 nitrogen and oxygen atoms in total. The number of carbonyl (C=O) groups excluding carboxylic acids is 1. The van der Waals surface area contributed by atoms with Gasteiger partial charge in [0.2, 0.25) is 0 Å². The summed E-state index contributed by atoms with van der Waals surface area (Å²) in [6, 6.07) is 3.04. The molecule has 0 saturated carbocycles. The SMILES string of the molecule is Cc1cc(F)ccc1C(C(C)C)C(C)N(C(=O)OC(C)(C)C)[C@@H](C)C(=O)O. The van der Waals surface area contributed by atoms with Gasteiger partial charge in [-0.3, -0.25) is 4.90 Å². The van der Waals surface area contributed by atoms with E-state index < -0.39 is 29.7 Å². The van der Waals surface area contributed by atoms with Gasteiger partial charge in [-0.15, -0.1) is 0 Å². The van der Waals surface area contributed by atoms with Crippen LogP contribution >= 0.6 is 0 Å². The number of carboxylic acids is 1. The first-order valence-corrected chi connectivity index (χ1v) is 9.26. The van der Waals surface area contributed by atoms with E-state index in [4.69, 9.17) is 4.74 Å². The van der Waals surface area contributed by atoms with Gasteiger partial charge in [0.15, 0.2) is 0 Å². The van der Waals surface area contributed by atoms with E-state index in [1.54, 1.807) is 26.8 Å². The molecule has 0 saturated heterocycles. The molecule has 0 spiro atoms. The lowest BCUT2D eigenvalue weighted by Crippen LogP contribution is -2.52. The minimum atomic E-state index is -1.11. The van der Waals surface area contributed by atoms with Crippen LogP contribution in [-0.2, 0) is 9.53 Å². The Kier molecular flexibility index (Phi) is 7.40. The smallest absolute Gasteiger partial charge is 0.411 e. The van der Waals surface area contributed by atoms with Gasteiger partial charge in [0.05, 0.1) is 0 Å². The van der Waals surface area contributed by atoms with Gasteiger partial charge in [0, 0.05) is 12.0 Å². The van der Waals surface area contributed by atoms with Gasteiger partial charge < -0.3 is 9.84 Å². The molecule has 0 heterocycles. The van der Waals surface area contributed by atoms with E-state index in [9.17, 15) is 19.1 Å². The largest absolute Gasteiger partial charge is 0.480 e. The molecule has 0 aliphatic rings. The lowest BCUT2D eigenvalue weighted by atomic mass is 9.80. The Balaban J connectivity index is 3.39. The molecule has 1 rings (SSSR count). The number of rotatable bonds is 6. The number of carbonyl (C=O) groups is 2. The van der Waals surface area contributed by atoms with Crippen LogP contribution in [-0.4, -0.2) is 39.8 Å². The van der Waals surface area contributed by atoms with Crippen LogP contribution in [0, 0.1) is 18.7 Å². The summed E-state index contributed by atoms with van der Waals surface area (Å²) in [6.07, 6.45) is -0.671. The summed E-state index contributed by atoms with van der Waals surface area (Å²) < 4.78 is 19.0. The van der Waals surface area contributed by atoms with Crippen molar-refractivity contribution in [2.45, 2.75) is 79.0 Å². The average molecular weight is 381 g/mol. The van der Waals surface area contributed by atoms with Crippen LogP contribution in [0.2, 0.25) is 0 Å². The van der Waals surface area contributed by atoms with Crippen LogP contribution in [0.25, 0.3) is 0 Å². The molecule has 2 unspecified atom stereocenters. The first-order valence-electron chi connectivity index (χ1n) is 9.26. The Morgan fingerprint density at radius 1 is 1.15 bits per heavy atom. The minimum Gasteiger partial charge on any atom is -0.480 e. The third kappa shape index (κ3) is 5.94. The highest BCUT2D eigenvalue weighted by atomic mass is 19.1. The fraction of sp³-hybridized carbons (Fsp3) is 0.619. The number of halogens is 1. The fourth-order valence-electron chi connectivity index (χ4n) is 3.47.